The number of fused-ring (bicyclic) bond motifs is 1. The van der Waals surface area contributed by atoms with Crippen molar-refractivity contribution in [2.24, 2.45) is 0 Å². The van der Waals surface area contributed by atoms with Crippen LogP contribution in [-0.2, 0) is 17.8 Å². The summed E-state index contributed by atoms with van der Waals surface area (Å²) in [5.74, 6) is -0.247. The Morgan fingerprint density at radius 3 is 3.08 bits per heavy atom. The Morgan fingerprint density at radius 2 is 2.32 bits per heavy atom. The molecule has 8 nitrogen and oxygen atoms in total. The number of rotatable bonds is 5. The molecular weight excluding hydrogens is 340 g/mol. The number of thiazole rings is 1. The summed E-state index contributed by atoms with van der Waals surface area (Å²) in [6.45, 7) is 5.94. The van der Waals surface area contributed by atoms with Gasteiger partial charge in [-0.1, -0.05) is 5.21 Å². The van der Waals surface area contributed by atoms with E-state index < -0.39 is 0 Å². The van der Waals surface area contributed by atoms with Crippen LogP contribution in [0, 0.1) is 13.8 Å². The smallest absolute Gasteiger partial charge is 0.273 e. The maximum Gasteiger partial charge on any atom is 0.273 e. The second-order valence-electron chi connectivity index (χ2n) is 6.27. The van der Waals surface area contributed by atoms with Crippen molar-refractivity contribution in [3.63, 3.8) is 0 Å². The zero-order chi connectivity index (χ0) is 17.4. The van der Waals surface area contributed by atoms with Crippen LogP contribution in [0.25, 0.3) is 4.96 Å². The van der Waals surface area contributed by atoms with Gasteiger partial charge >= 0.3 is 0 Å². The van der Waals surface area contributed by atoms with Crippen LogP contribution >= 0.6 is 11.3 Å². The van der Waals surface area contributed by atoms with E-state index in [2.05, 4.69) is 38.9 Å². The van der Waals surface area contributed by atoms with Crippen molar-refractivity contribution in [3.8, 4) is 0 Å². The monoisotopic (exact) mass is 360 g/mol. The number of carbonyl (C=O) groups excluding carboxylic acids is 1. The third-order valence-corrected chi connectivity index (χ3v) is 5.53. The predicted octanol–water partition coefficient (Wildman–Crippen LogP) is 1.71. The minimum Gasteiger partial charge on any atom is -0.376 e. The van der Waals surface area contributed by atoms with Gasteiger partial charge in [0.15, 0.2) is 10.7 Å². The molecule has 3 aromatic heterocycles. The largest absolute Gasteiger partial charge is 0.376 e. The van der Waals surface area contributed by atoms with Crippen molar-refractivity contribution in [2.75, 3.05) is 6.61 Å². The van der Waals surface area contributed by atoms with E-state index in [1.54, 1.807) is 22.2 Å². The van der Waals surface area contributed by atoms with Crippen LogP contribution < -0.4 is 5.32 Å². The van der Waals surface area contributed by atoms with E-state index in [0.717, 1.165) is 30.1 Å². The Hall–Kier alpha value is -2.26. The highest BCUT2D eigenvalue weighted by atomic mass is 32.1. The number of nitrogens with one attached hydrogen (secondary N) is 1. The van der Waals surface area contributed by atoms with Crippen molar-refractivity contribution in [1.82, 2.24) is 29.7 Å². The Morgan fingerprint density at radius 1 is 1.44 bits per heavy atom. The van der Waals surface area contributed by atoms with Crippen LogP contribution in [0.4, 0.5) is 0 Å². The van der Waals surface area contributed by atoms with Gasteiger partial charge < -0.3 is 10.1 Å². The number of aryl methyl sites for hydroxylation is 2. The fourth-order valence-corrected chi connectivity index (χ4v) is 3.91. The highest BCUT2D eigenvalue weighted by molar-refractivity contribution is 7.17. The fourth-order valence-electron chi connectivity index (χ4n) is 2.94. The van der Waals surface area contributed by atoms with E-state index in [4.69, 9.17) is 4.74 Å². The zero-order valence-electron chi connectivity index (χ0n) is 14.2. The van der Waals surface area contributed by atoms with Gasteiger partial charge in [-0.3, -0.25) is 9.20 Å². The average molecular weight is 360 g/mol. The molecule has 132 valence electrons. The summed E-state index contributed by atoms with van der Waals surface area (Å²) < 4.78 is 9.30. The van der Waals surface area contributed by atoms with Crippen LogP contribution in [0.1, 0.15) is 39.6 Å². The van der Waals surface area contributed by atoms with Gasteiger partial charge in [-0.2, -0.15) is 0 Å². The first-order chi connectivity index (χ1) is 12.1. The summed E-state index contributed by atoms with van der Waals surface area (Å²) >= 11 is 1.65. The number of aromatic nitrogens is 5. The summed E-state index contributed by atoms with van der Waals surface area (Å²) in [6, 6.07) is 0. The lowest BCUT2D eigenvalue weighted by molar-refractivity contribution is 0.0929. The molecule has 4 rings (SSSR count). The number of amides is 1. The molecule has 1 N–H and O–H groups in total. The molecule has 0 spiro atoms. The molecule has 1 saturated heterocycles. The van der Waals surface area contributed by atoms with Crippen molar-refractivity contribution in [3.05, 3.63) is 34.4 Å². The van der Waals surface area contributed by atoms with Crippen molar-refractivity contribution in [2.45, 2.75) is 45.9 Å². The highest BCUT2D eigenvalue weighted by Crippen LogP contribution is 2.21. The molecule has 1 aliphatic rings. The number of nitrogens with zero attached hydrogens (tertiary/aromatic N) is 5. The van der Waals surface area contributed by atoms with Crippen molar-refractivity contribution < 1.29 is 9.53 Å². The lowest BCUT2D eigenvalue weighted by Gasteiger charge is -2.07. The van der Waals surface area contributed by atoms with Crippen molar-refractivity contribution in [1.29, 1.82) is 0 Å². The molecule has 1 amide bonds. The second kappa shape index (κ2) is 6.57. The number of carbonyl (C=O) groups is 1. The van der Waals surface area contributed by atoms with Gasteiger partial charge in [0.25, 0.3) is 5.91 Å². The number of hydrogen-bond donors (Lipinski definition) is 1. The Kier molecular flexibility index (Phi) is 4.26. The number of imidazole rings is 1. The summed E-state index contributed by atoms with van der Waals surface area (Å²) in [4.78, 5) is 19.0. The molecule has 4 heterocycles. The van der Waals surface area contributed by atoms with Crippen LogP contribution in [-0.4, -0.2) is 43.0 Å². The Bertz CT molecular complexity index is 905. The molecule has 3 aromatic rings. The molecule has 9 heteroatoms. The minimum atomic E-state index is -0.247. The molecular formula is C16H20N6O2S. The molecule has 0 aliphatic carbocycles. The lowest BCUT2D eigenvalue weighted by Crippen LogP contribution is -2.23. The minimum absolute atomic E-state index is 0.169. The van der Waals surface area contributed by atoms with Gasteiger partial charge in [0.2, 0.25) is 0 Å². The van der Waals surface area contributed by atoms with Gasteiger partial charge in [0.05, 0.1) is 31.1 Å². The molecule has 0 bridgehead atoms. The van der Waals surface area contributed by atoms with Crippen LogP contribution in [0.3, 0.4) is 0 Å². The maximum atomic E-state index is 12.3. The third-order valence-electron chi connectivity index (χ3n) is 4.45. The molecule has 0 radical (unpaired) electrons. The highest BCUT2D eigenvalue weighted by Gasteiger charge is 2.18. The first-order valence-corrected chi connectivity index (χ1v) is 9.15. The predicted molar refractivity (Wildman–Crippen MR) is 92.7 cm³/mol. The number of ether oxygens (including phenoxy) is 1. The van der Waals surface area contributed by atoms with E-state index in [1.165, 1.54) is 10.6 Å². The number of hydrogen-bond acceptors (Lipinski definition) is 6. The molecule has 0 saturated carbocycles. The standard InChI is InChI=1S/C16H20N6O2S/c1-10-11(2)25-16-18-12(7-22(10)16)6-17-15(23)14-9-21(20-19-14)8-13-4-3-5-24-13/h7,9,13H,3-6,8H2,1-2H3,(H,17,23)/t13-/m1/s1. The van der Waals surface area contributed by atoms with Crippen LogP contribution in [0.2, 0.25) is 0 Å². The summed E-state index contributed by atoms with van der Waals surface area (Å²) in [6.07, 6.45) is 5.90. The summed E-state index contributed by atoms with van der Waals surface area (Å²) in [5, 5.41) is 10.8. The maximum absolute atomic E-state index is 12.3. The second-order valence-corrected chi connectivity index (χ2v) is 7.45. The molecule has 1 atom stereocenters. The van der Waals surface area contributed by atoms with E-state index in [0.29, 0.717) is 18.8 Å². The van der Waals surface area contributed by atoms with E-state index in [-0.39, 0.29) is 12.0 Å². The van der Waals surface area contributed by atoms with Crippen LogP contribution in [0.15, 0.2) is 12.4 Å². The van der Waals surface area contributed by atoms with Crippen molar-refractivity contribution >= 4 is 22.2 Å². The fraction of sp³-hybridized carbons (Fsp3) is 0.500. The summed E-state index contributed by atoms with van der Waals surface area (Å²) in [5.41, 5.74) is 2.32. The quantitative estimate of drug-likeness (QED) is 0.749. The zero-order valence-corrected chi connectivity index (χ0v) is 15.0. The Labute approximate surface area is 148 Å². The van der Waals surface area contributed by atoms with Crippen LogP contribution in [0.5, 0.6) is 0 Å². The Balaban J connectivity index is 1.37. The van der Waals surface area contributed by atoms with E-state index >= 15 is 0 Å². The normalized spacial score (nSPS) is 17.4. The SMILES string of the molecule is Cc1sc2nc(CNC(=O)c3cn(C[C@H]4CCCO4)nn3)cn2c1C. The lowest BCUT2D eigenvalue weighted by atomic mass is 10.2. The topological polar surface area (TPSA) is 86.3 Å². The average Bonchev–Trinajstić information content (AvgIpc) is 3.35. The van der Waals surface area contributed by atoms with Gasteiger partial charge in [0, 0.05) is 23.4 Å². The molecule has 0 unspecified atom stereocenters. The molecule has 25 heavy (non-hydrogen) atoms. The van der Waals surface area contributed by atoms with E-state index in [9.17, 15) is 4.79 Å². The first-order valence-electron chi connectivity index (χ1n) is 8.34. The first kappa shape index (κ1) is 16.2. The molecule has 1 fully saturated rings. The van der Waals surface area contributed by atoms with E-state index in [1.807, 2.05) is 6.20 Å². The molecule has 1 aliphatic heterocycles. The van der Waals surface area contributed by atoms with Gasteiger partial charge in [-0.25, -0.2) is 9.67 Å². The summed E-state index contributed by atoms with van der Waals surface area (Å²) in [7, 11) is 0. The third kappa shape index (κ3) is 3.29. The van der Waals surface area contributed by atoms with Gasteiger partial charge in [-0.15, -0.1) is 16.4 Å². The van der Waals surface area contributed by atoms with Gasteiger partial charge in [-0.05, 0) is 26.7 Å². The molecule has 0 aromatic carbocycles. The van der Waals surface area contributed by atoms with Gasteiger partial charge in [0.1, 0.15) is 0 Å².